The van der Waals surface area contributed by atoms with Crippen molar-refractivity contribution in [1.82, 2.24) is 0 Å². The normalized spacial score (nSPS) is 17.6. The van der Waals surface area contributed by atoms with Crippen molar-refractivity contribution in [3.8, 4) is 11.5 Å². The highest BCUT2D eigenvalue weighted by atomic mass is 16.3. The Morgan fingerprint density at radius 3 is 1.93 bits per heavy atom. The van der Waals surface area contributed by atoms with Crippen molar-refractivity contribution in [3.63, 3.8) is 0 Å². The van der Waals surface area contributed by atoms with Crippen LogP contribution in [0.5, 0.6) is 11.5 Å². The second-order valence-electron chi connectivity index (χ2n) is 7.16. The molecule has 0 amide bonds. The lowest BCUT2D eigenvalue weighted by Gasteiger charge is -2.34. The molecule has 0 aromatic heterocycles. The Kier molecular flexibility index (Phi) is 3.95. The second kappa shape index (κ2) is 6.64. The van der Waals surface area contributed by atoms with E-state index < -0.39 is 5.41 Å². The standard InChI is InChI=1S/C26H19NO2/c28-20-16-14-19(15-17-20)26(22-11-5-7-13-24(22)29)21-10-4-6-12-23(21)27-25(26)18-8-2-1-3-9-18/h1-17,28-29H. The van der Waals surface area contributed by atoms with Crippen LogP contribution >= 0.6 is 0 Å². The van der Waals surface area contributed by atoms with Crippen molar-refractivity contribution in [2.75, 3.05) is 0 Å². The Morgan fingerprint density at radius 2 is 1.21 bits per heavy atom. The van der Waals surface area contributed by atoms with Gasteiger partial charge in [0, 0.05) is 5.56 Å². The van der Waals surface area contributed by atoms with E-state index >= 15 is 0 Å². The Bertz CT molecular complexity index is 1210. The van der Waals surface area contributed by atoms with Gasteiger partial charge in [-0.1, -0.05) is 78.9 Å². The molecule has 0 radical (unpaired) electrons. The van der Waals surface area contributed by atoms with E-state index in [2.05, 4.69) is 6.07 Å². The lowest BCUT2D eigenvalue weighted by Crippen LogP contribution is -2.36. The Hall–Kier alpha value is -3.85. The van der Waals surface area contributed by atoms with E-state index in [-0.39, 0.29) is 11.5 Å². The topological polar surface area (TPSA) is 52.8 Å². The number of phenols is 2. The fourth-order valence-electron chi connectivity index (χ4n) is 4.32. The van der Waals surface area contributed by atoms with Crippen LogP contribution in [-0.2, 0) is 5.41 Å². The van der Waals surface area contributed by atoms with Crippen LogP contribution in [0.3, 0.4) is 0 Å². The molecule has 29 heavy (non-hydrogen) atoms. The molecule has 140 valence electrons. The maximum absolute atomic E-state index is 10.9. The van der Waals surface area contributed by atoms with E-state index in [0.29, 0.717) is 0 Å². The summed E-state index contributed by atoms with van der Waals surface area (Å²) in [5.74, 6) is 0.409. The summed E-state index contributed by atoms with van der Waals surface area (Å²) in [5, 5.41) is 20.8. The Labute approximate surface area is 169 Å². The first kappa shape index (κ1) is 17.3. The molecule has 1 atom stereocenters. The molecule has 1 heterocycles. The average Bonchev–Trinajstić information content (AvgIpc) is 3.11. The maximum atomic E-state index is 10.9. The summed E-state index contributed by atoms with van der Waals surface area (Å²) in [5.41, 5.74) is 4.62. The summed E-state index contributed by atoms with van der Waals surface area (Å²) in [4.78, 5) is 5.03. The highest BCUT2D eigenvalue weighted by molar-refractivity contribution is 6.17. The molecule has 3 nitrogen and oxygen atoms in total. The third-order valence-corrected chi connectivity index (χ3v) is 5.55. The molecule has 1 unspecified atom stereocenters. The minimum atomic E-state index is -0.795. The van der Waals surface area contributed by atoms with Crippen LogP contribution < -0.4 is 0 Å². The SMILES string of the molecule is Oc1ccc(C2(c3ccccc3O)C(c3ccccc3)=Nc3ccccc32)cc1. The van der Waals surface area contributed by atoms with E-state index in [1.165, 1.54) is 0 Å². The largest absolute Gasteiger partial charge is 0.508 e. The van der Waals surface area contributed by atoms with Crippen LogP contribution in [0.15, 0.2) is 108 Å². The predicted molar refractivity (Wildman–Crippen MR) is 115 cm³/mol. The maximum Gasteiger partial charge on any atom is 0.120 e. The molecule has 2 N–H and O–H groups in total. The van der Waals surface area contributed by atoms with Gasteiger partial charge >= 0.3 is 0 Å². The van der Waals surface area contributed by atoms with Crippen LogP contribution in [0.2, 0.25) is 0 Å². The van der Waals surface area contributed by atoms with Crippen molar-refractivity contribution >= 4 is 11.4 Å². The molecule has 0 fully saturated rings. The first-order valence-electron chi connectivity index (χ1n) is 9.53. The Morgan fingerprint density at radius 1 is 0.586 bits per heavy atom. The van der Waals surface area contributed by atoms with E-state index in [1.54, 1.807) is 18.2 Å². The van der Waals surface area contributed by atoms with Gasteiger partial charge in [-0.2, -0.15) is 0 Å². The summed E-state index contributed by atoms with van der Waals surface area (Å²) in [7, 11) is 0. The fraction of sp³-hybridized carbons (Fsp3) is 0.0385. The zero-order valence-corrected chi connectivity index (χ0v) is 15.7. The van der Waals surface area contributed by atoms with Crippen LogP contribution in [0, 0.1) is 0 Å². The summed E-state index contributed by atoms with van der Waals surface area (Å²) >= 11 is 0. The van der Waals surface area contributed by atoms with E-state index in [9.17, 15) is 10.2 Å². The molecule has 4 aromatic carbocycles. The highest BCUT2D eigenvalue weighted by Crippen LogP contribution is 2.52. The summed E-state index contributed by atoms with van der Waals surface area (Å²) in [6, 6.07) is 32.7. The molecule has 4 aromatic rings. The third kappa shape index (κ3) is 2.55. The van der Waals surface area contributed by atoms with Crippen molar-refractivity contribution in [1.29, 1.82) is 0 Å². The molecule has 5 rings (SSSR count). The number of rotatable bonds is 3. The molecule has 0 saturated heterocycles. The van der Waals surface area contributed by atoms with Crippen molar-refractivity contribution in [2.45, 2.75) is 5.41 Å². The van der Waals surface area contributed by atoms with Crippen LogP contribution in [0.1, 0.15) is 22.3 Å². The number of aliphatic imine (C=N–C) groups is 1. The number of aromatic hydroxyl groups is 2. The zero-order valence-electron chi connectivity index (χ0n) is 15.7. The number of nitrogens with zero attached hydrogens (tertiary/aromatic N) is 1. The predicted octanol–water partition coefficient (Wildman–Crippen LogP) is 5.57. The Balaban J connectivity index is 1.93. The molecule has 0 spiro atoms. The van der Waals surface area contributed by atoms with Crippen LogP contribution in [-0.4, -0.2) is 15.9 Å². The minimum Gasteiger partial charge on any atom is -0.508 e. The van der Waals surface area contributed by atoms with Crippen molar-refractivity contribution in [2.24, 2.45) is 4.99 Å². The van der Waals surface area contributed by atoms with Gasteiger partial charge in [0.2, 0.25) is 0 Å². The number of benzene rings is 4. The van der Waals surface area contributed by atoms with Gasteiger partial charge in [-0.15, -0.1) is 0 Å². The molecule has 3 heteroatoms. The third-order valence-electron chi connectivity index (χ3n) is 5.55. The molecule has 0 saturated carbocycles. The van der Waals surface area contributed by atoms with Gasteiger partial charge in [-0.3, -0.25) is 4.99 Å². The molecular formula is C26H19NO2. The zero-order chi connectivity index (χ0) is 19.8. The fourth-order valence-corrected chi connectivity index (χ4v) is 4.32. The number of fused-ring (bicyclic) bond motifs is 1. The number of para-hydroxylation sites is 2. The molecule has 0 aliphatic carbocycles. The van der Waals surface area contributed by atoms with Gasteiger partial charge in [0.25, 0.3) is 0 Å². The lowest BCUT2D eigenvalue weighted by atomic mass is 9.65. The number of hydrogen-bond donors (Lipinski definition) is 2. The number of hydrogen-bond acceptors (Lipinski definition) is 3. The second-order valence-corrected chi connectivity index (χ2v) is 7.16. The summed E-state index contributed by atoms with van der Waals surface area (Å²) in [6.07, 6.45) is 0. The van der Waals surface area contributed by atoms with E-state index in [1.807, 2.05) is 78.9 Å². The molecule has 1 aliphatic rings. The van der Waals surface area contributed by atoms with Gasteiger partial charge in [0.1, 0.15) is 11.5 Å². The van der Waals surface area contributed by atoms with E-state index in [4.69, 9.17) is 4.99 Å². The lowest BCUT2D eigenvalue weighted by molar-refractivity contribution is 0.463. The average molecular weight is 377 g/mol. The monoisotopic (exact) mass is 377 g/mol. The molecular weight excluding hydrogens is 358 g/mol. The van der Waals surface area contributed by atoms with E-state index in [0.717, 1.165) is 33.7 Å². The quantitative estimate of drug-likeness (QED) is 0.491. The first-order chi connectivity index (χ1) is 14.2. The van der Waals surface area contributed by atoms with Gasteiger partial charge in [-0.25, -0.2) is 0 Å². The smallest absolute Gasteiger partial charge is 0.120 e. The van der Waals surface area contributed by atoms with Crippen molar-refractivity contribution < 1.29 is 10.2 Å². The van der Waals surface area contributed by atoms with Gasteiger partial charge in [-0.05, 0) is 41.0 Å². The first-order valence-corrected chi connectivity index (χ1v) is 9.53. The number of phenolic OH excluding ortho intramolecular Hbond substituents is 2. The van der Waals surface area contributed by atoms with Gasteiger partial charge in [0.05, 0.1) is 16.8 Å². The molecule has 1 aliphatic heterocycles. The summed E-state index contributed by atoms with van der Waals surface area (Å²) in [6.45, 7) is 0. The van der Waals surface area contributed by atoms with Crippen LogP contribution in [0.4, 0.5) is 5.69 Å². The minimum absolute atomic E-state index is 0.200. The summed E-state index contributed by atoms with van der Waals surface area (Å²) < 4.78 is 0. The van der Waals surface area contributed by atoms with Gasteiger partial charge in [0.15, 0.2) is 0 Å². The molecule has 0 bridgehead atoms. The van der Waals surface area contributed by atoms with Crippen LogP contribution in [0.25, 0.3) is 0 Å². The van der Waals surface area contributed by atoms with Gasteiger partial charge < -0.3 is 10.2 Å². The van der Waals surface area contributed by atoms with Crippen molar-refractivity contribution in [3.05, 3.63) is 125 Å². The highest BCUT2D eigenvalue weighted by Gasteiger charge is 2.48.